The highest BCUT2D eigenvalue weighted by atomic mass is 32.1. The molecule has 0 spiro atoms. The van der Waals surface area contributed by atoms with Crippen LogP contribution in [0.1, 0.15) is 57.9 Å². The van der Waals surface area contributed by atoms with Crippen LogP contribution in [-0.2, 0) is 6.42 Å². The van der Waals surface area contributed by atoms with Gasteiger partial charge in [-0.05, 0) is 61.7 Å². The van der Waals surface area contributed by atoms with Crippen molar-refractivity contribution in [2.75, 3.05) is 47.8 Å². The highest BCUT2D eigenvalue weighted by molar-refractivity contribution is 7.80. The lowest BCUT2D eigenvalue weighted by atomic mass is 9.92. The van der Waals surface area contributed by atoms with Crippen molar-refractivity contribution in [3.63, 3.8) is 0 Å². The van der Waals surface area contributed by atoms with E-state index in [2.05, 4.69) is 70.7 Å². The lowest BCUT2D eigenvalue weighted by Crippen LogP contribution is -2.39. The number of rotatable bonds is 7. The fourth-order valence-corrected chi connectivity index (χ4v) is 5.43. The Bertz CT molecular complexity index is 903. The van der Waals surface area contributed by atoms with Gasteiger partial charge in [0.1, 0.15) is 11.6 Å². The molecule has 2 aromatic rings. The molecule has 3 heterocycles. The lowest BCUT2D eigenvalue weighted by Gasteiger charge is -2.36. The standard InChI is InChI=1S/C27H40N6S/c1-21-17-22(2)20-33(19-21)25-18-24(32-15-8-3-4-9-16-32)29-26(30-25)31-27(34)28-14-10-13-23-11-6-5-7-12-23/h5-7,11-12,18,21-22H,3-4,8-10,13-17,19-20H2,1-2H3,(H2,28,29,30,31,34). The Balaban J connectivity index is 1.43. The fourth-order valence-electron chi connectivity index (χ4n) is 5.24. The predicted octanol–water partition coefficient (Wildman–Crippen LogP) is 5.26. The van der Waals surface area contributed by atoms with E-state index in [4.69, 9.17) is 22.2 Å². The number of hydrogen-bond donors (Lipinski definition) is 2. The summed E-state index contributed by atoms with van der Waals surface area (Å²) in [5.74, 6) is 3.98. The van der Waals surface area contributed by atoms with Gasteiger partial charge < -0.3 is 20.4 Å². The maximum absolute atomic E-state index is 5.60. The molecule has 0 aliphatic carbocycles. The minimum atomic E-state index is 0.590. The number of thiocarbonyl (C=S) groups is 1. The van der Waals surface area contributed by atoms with Crippen molar-refractivity contribution in [1.29, 1.82) is 0 Å². The van der Waals surface area contributed by atoms with Crippen LogP contribution in [0.4, 0.5) is 17.6 Å². The van der Waals surface area contributed by atoms with Crippen LogP contribution in [0.5, 0.6) is 0 Å². The first-order chi connectivity index (χ1) is 16.6. The molecule has 0 bridgehead atoms. The van der Waals surface area contributed by atoms with Crippen molar-refractivity contribution in [3.05, 3.63) is 42.0 Å². The minimum Gasteiger partial charge on any atom is -0.362 e. The van der Waals surface area contributed by atoms with Crippen molar-refractivity contribution in [2.45, 2.75) is 58.8 Å². The first-order valence-electron chi connectivity index (χ1n) is 13.0. The van der Waals surface area contributed by atoms with Crippen LogP contribution < -0.4 is 20.4 Å². The summed E-state index contributed by atoms with van der Waals surface area (Å²) in [6.07, 6.45) is 8.39. The number of aryl methyl sites for hydroxylation is 1. The number of nitrogens with zero attached hydrogens (tertiary/aromatic N) is 4. The highest BCUT2D eigenvalue weighted by Gasteiger charge is 2.24. The maximum atomic E-state index is 5.60. The Morgan fingerprint density at radius 1 is 0.941 bits per heavy atom. The van der Waals surface area contributed by atoms with Gasteiger partial charge in [0.15, 0.2) is 5.11 Å². The van der Waals surface area contributed by atoms with Crippen LogP contribution in [0.25, 0.3) is 0 Å². The first kappa shape index (κ1) is 24.7. The van der Waals surface area contributed by atoms with E-state index in [0.29, 0.717) is 22.9 Å². The normalized spacial score (nSPS) is 21.1. The Kier molecular flexibility index (Phi) is 8.97. The summed E-state index contributed by atoms with van der Waals surface area (Å²) in [6, 6.07) is 12.8. The van der Waals surface area contributed by atoms with E-state index in [1.807, 2.05) is 0 Å². The van der Waals surface area contributed by atoms with E-state index in [1.54, 1.807) is 0 Å². The van der Waals surface area contributed by atoms with E-state index in [0.717, 1.165) is 57.2 Å². The molecule has 0 radical (unpaired) electrons. The summed E-state index contributed by atoms with van der Waals surface area (Å²) in [5, 5.41) is 7.21. The molecule has 2 saturated heterocycles. The van der Waals surface area contributed by atoms with Gasteiger partial charge in [-0.25, -0.2) is 0 Å². The molecule has 1 aromatic carbocycles. The molecule has 184 valence electrons. The van der Waals surface area contributed by atoms with Gasteiger partial charge >= 0.3 is 0 Å². The summed E-state index contributed by atoms with van der Waals surface area (Å²) in [5.41, 5.74) is 1.35. The summed E-state index contributed by atoms with van der Waals surface area (Å²) < 4.78 is 0. The molecule has 4 rings (SSSR count). The molecule has 2 unspecified atom stereocenters. The van der Waals surface area contributed by atoms with Crippen LogP contribution in [0, 0.1) is 11.8 Å². The van der Waals surface area contributed by atoms with Gasteiger partial charge in [0.25, 0.3) is 0 Å². The zero-order chi connectivity index (χ0) is 23.8. The number of piperidine rings is 1. The van der Waals surface area contributed by atoms with Crippen molar-refractivity contribution >= 4 is 34.9 Å². The molecule has 2 N–H and O–H groups in total. The first-order valence-corrected chi connectivity index (χ1v) is 13.5. The van der Waals surface area contributed by atoms with E-state index in [-0.39, 0.29) is 0 Å². The lowest BCUT2D eigenvalue weighted by molar-refractivity contribution is 0.355. The monoisotopic (exact) mass is 480 g/mol. The second-order valence-corrected chi connectivity index (χ2v) is 10.5. The average Bonchev–Trinajstić information content (AvgIpc) is 3.11. The maximum Gasteiger partial charge on any atom is 0.232 e. The Hall–Kier alpha value is -2.41. The highest BCUT2D eigenvalue weighted by Crippen LogP contribution is 2.29. The van der Waals surface area contributed by atoms with Gasteiger partial charge in [-0.3, -0.25) is 0 Å². The minimum absolute atomic E-state index is 0.590. The second-order valence-electron chi connectivity index (χ2n) is 10.1. The number of benzene rings is 1. The number of hydrogen-bond acceptors (Lipinski definition) is 5. The van der Waals surface area contributed by atoms with Crippen molar-refractivity contribution < 1.29 is 0 Å². The molecule has 0 amide bonds. The van der Waals surface area contributed by atoms with Gasteiger partial charge in [-0.1, -0.05) is 57.0 Å². The van der Waals surface area contributed by atoms with Crippen LogP contribution in [0.15, 0.2) is 36.4 Å². The molecule has 6 nitrogen and oxygen atoms in total. The van der Waals surface area contributed by atoms with Crippen LogP contribution in [0.2, 0.25) is 0 Å². The van der Waals surface area contributed by atoms with Crippen LogP contribution >= 0.6 is 12.2 Å². The van der Waals surface area contributed by atoms with Gasteiger partial charge in [-0.2, -0.15) is 9.97 Å². The van der Waals surface area contributed by atoms with E-state index < -0.39 is 0 Å². The molecule has 34 heavy (non-hydrogen) atoms. The molecular weight excluding hydrogens is 440 g/mol. The number of nitrogens with one attached hydrogen (secondary N) is 2. The molecule has 7 heteroatoms. The smallest absolute Gasteiger partial charge is 0.232 e. The van der Waals surface area contributed by atoms with Crippen molar-refractivity contribution in [3.8, 4) is 0 Å². The zero-order valence-electron chi connectivity index (χ0n) is 20.8. The third kappa shape index (κ3) is 7.29. The number of aromatic nitrogens is 2. The third-order valence-electron chi connectivity index (χ3n) is 6.82. The van der Waals surface area contributed by atoms with Gasteiger partial charge in [0, 0.05) is 38.8 Å². The second kappa shape index (κ2) is 12.3. The zero-order valence-corrected chi connectivity index (χ0v) is 21.6. The fraction of sp³-hybridized carbons (Fsp3) is 0.593. The van der Waals surface area contributed by atoms with Crippen molar-refractivity contribution in [1.82, 2.24) is 15.3 Å². The Morgan fingerprint density at radius 2 is 1.59 bits per heavy atom. The number of anilines is 3. The molecule has 2 fully saturated rings. The average molecular weight is 481 g/mol. The molecule has 1 aromatic heterocycles. The van der Waals surface area contributed by atoms with Crippen LogP contribution in [-0.4, -0.2) is 47.8 Å². The van der Waals surface area contributed by atoms with Gasteiger partial charge in [0.05, 0.1) is 0 Å². The Morgan fingerprint density at radius 3 is 2.26 bits per heavy atom. The molecule has 0 saturated carbocycles. The van der Waals surface area contributed by atoms with Gasteiger partial charge in [-0.15, -0.1) is 0 Å². The van der Waals surface area contributed by atoms with Crippen LogP contribution in [0.3, 0.4) is 0 Å². The summed E-state index contributed by atoms with van der Waals surface area (Å²) in [6.45, 7) is 9.71. The quantitative estimate of drug-likeness (QED) is 0.414. The molecule has 2 atom stereocenters. The van der Waals surface area contributed by atoms with Gasteiger partial charge in [0.2, 0.25) is 5.95 Å². The molecule has 2 aliphatic heterocycles. The predicted molar refractivity (Wildman–Crippen MR) is 147 cm³/mol. The van der Waals surface area contributed by atoms with E-state index >= 15 is 0 Å². The largest absolute Gasteiger partial charge is 0.362 e. The third-order valence-corrected chi connectivity index (χ3v) is 7.06. The summed E-state index contributed by atoms with van der Waals surface area (Å²) in [7, 11) is 0. The van der Waals surface area contributed by atoms with Crippen molar-refractivity contribution in [2.24, 2.45) is 11.8 Å². The summed E-state index contributed by atoms with van der Waals surface area (Å²) in [4.78, 5) is 14.7. The van der Waals surface area contributed by atoms with E-state index in [9.17, 15) is 0 Å². The topological polar surface area (TPSA) is 56.3 Å². The molecule has 2 aliphatic rings. The molecular formula is C27H40N6S. The Labute approximate surface area is 210 Å². The SMILES string of the molecule is CC1CC(C)CN(c2cc(N3CCCCCC3)nc(NC(=S)NCCCc3ccccc3)n2)C1. The summed E-state index contributed by atoms with van der Waals surface area (Å²) >= 11 is 5.60. The van der Waals surface area contributed by atoms with E-state index in [1.165, 1.54) is 37.7 Å².